The molecule has 0 spiro atoms. The summed E-state index contributed by atoms with van der Waals surface area (Å²) in [6, 6.07) is 25.1. The average Bonchev–Trinajstić information content (AvgIpc) is 3.27. The van der Waals surface area contributed by atoms with E-state index in [2.05, 4.69) is 15.9 Å². The van der Waals surface area contributed by atoms with Crippen LogP contribution in [0.1, 0.15) is 31.1 Å². The van der Waals surface area contributed by atoms with Gasteiger partial charge in [0.25, 0.3) is 0 Å². The van der Waals surface area contributed by atoms with E-state index in [0.717, 1.165) is 0 Å². The van der Waals surface area contributed by atoms with Gasteiger partial charge in [0, 0.05) is 0 Å². The van der Waals surface area contributed by atoms with E-state index in [0.29, 0.717) is 11.1 Å². The number of ether oxygens (including phenoxy) is 5. The molecule has 0 N–H and O–H groups in total. The molecular weight excluding hydrogens is 532 g/mol. The summed E-state index contributed by atoms with van der Waals surface area (Å²) < 4.78 is 29.1. The fraction of sp³-hybridized carbons (Fsp3) is 0.222. The number of hydrogen-bond acceptors (Lipinski definition) is 8. The van der Waals surface area contributed by atoms with E-state index < -0.39 is 53.6 Å². The predicted octanol–water partition coefficient (Wildman–Crippen LogP) is 4.14. The molecule has 2 aliphatic rings. The lowest BCUT2D eigenvalue weighted by Gasteiger charge is -2.39. The van der Waals surface area contributed by atoms with Gasteiger partial charge in [-0.1, -0.05) is 70.5 Å². The Hall–Kier alpha value is -3.53. The van der Waals surface area contributed by atoms with Crippen LogP contribution in [0.15, 0.2) is 91.0 Å². The topological polar surface area (TPSA) is 97.4 Å². The number of halogens is 1. The molecule has 2 bridgehead atoms. The second-order valence-electron chi connectivity index (χ2n) is 8.16. The molecule has 8 nitrogen and oxygen atoms in total. The van der Waals surface area contributed by atoms with Crippen LogP contribution in [0.3, 0.4) is 0 Å². The highest BCUT2D eigenvalue weighted by Crippen LogP contribution is 2.40. The van der Waals surface area contributed by atoms with Gasteiger partial charge in [-0.15, -0.1) is 0 Å². The normalized spacial score (nSPS) is 26.6. The van der Waals surface area contributed by atoms with Gasteiger partial charge in [0.05, 0.1) is 16.7 Å². The molecule has 0 amide bonds. The van der Waals surface area contributed by atoms with Crippen LogP contribution in [0, 0.1) is 0 Å². The van der Waals surface area contributed by atoms with Gasteiger partial charge < -0.3 is 23.7 Å². The predicted molar refractivity (Wildman–Crippen MR) is 129 cm³/mol. The smallest absolute Gasteiger partial charge is 0.338 e. The molecule has 9 heteroatoms. The van der Waals surface area contributed by atoms with Crippen LogP contribution in [-0.4, -0.2) is 53.6 Å². The molecule has 36 heavy (non-hydrogen) atoms. The molecule has 2 saturated heterocycles. The van der Waals surface area contributed by atoms with Gasteiger partial charge in [0.1, 0.15) is 11.1 Å². The number of rotatable bonds is 6. The molecule has 0 saturated carbocycles. The van der Waals surface area contributed by atoms with E-state index in [1.54, 1.807) is 91.0 Å². The maximum absolute atomic E-state index is 13.0. The number of benzene rings is 3. The van der Waals surface area contributed by atoms with Crippen molar-refractivity contribution in [2.45, 2.75) is 35.7 Å². The monoisotopic (exact) mass is 552 g/mol. The van der Waals surface area contributed by atoms with Crippen molar-refractivity contribution in [2.75, 3.05) is 0 Å². The zero-order valence-electron chi connectivity index (χ0n) is 18.8. The van der Waals surface area contributed by atoms with Gasteiger partial charge in [-0.3, -0.25) is 0 Å². The van der Waals surface area contributed by atoms with E-state index in [-0.39, 0.29) is 5.56 Å². The number of carbonyl (C=O) groups is 3. The molecule has 0 aromatic heterocycles. The van der Waals surface area contributed by atoms with Gasteiger partial charge in [-0.2, -0.15) is 0 Å². The standard InChI is InChI=1S/C27H21BrO8/c28-23-21-19(32-24(29)16-10-4-1-5-11-16)20(33-25(30)17-12-6-2-7-13-17)22(27(35-21)36-23)34-26(31)18-14-8-3-9-15-18/h1-15,19-23,27H/t19-,20-,21-,22+,23+,27-/m0/s1. The van der Waals surface area contributed by atoms with Crippen molar-refractivity contribution in [3.05, 3.63) is 108 Å². The van der Waals surface area contributed by atoms with E-state index in [4.69, 9.17) is 23.7 Å². The first kappa shape index (κ1) is 24.2. The summed E-state index contributed by atoms with van der Waals surface area (Å²) >= 11 is 3.39. The fourth-order valence-electron chi connectivity index (χ4n) is 4.05. The van der Waals surface area contributed by atoms with Gasteiger partial charge in [-0.25, -0.2) is 14.4 Å². The van der Waals surface area contributed by atoms with Crippen LogP contribution in [0.2, 0.25) is 0 Å². The minimum absolute atomic E-state index is 0.286. The Labute approximate surface area is 215 Å². The minimum Gasteiger partial charge on any atom is -0.452 e. The lowest BCUT2D eigenvalue weighted by Crippen LogP contribution is -2.58. The first-order valence-corrected chi connectivity index (χ1v) is 12.2. The molecule has 2 heterocycles. The largest absolute Gasteiger partial charge is 0.452 e. The van der Waals surface area contributed by atoms with Crippen LogP contribution >= 0.6 is 15.9 Å². The zero-order valence-corrected chi connectivity index (χ0v) is 20.4. The van der Waals surface area contributed by atoms with Crippen molar-refractivity contribution < 1.29 is 38.1 Å². The number of alkyl halides is 1. The van der Waals surface area contributed by atoms with Crippen molar-refractivity contribution >= 4 is 33.8 Å². The van der Waals surface area contributed by atoms with Crippen molar-refractivity contribution in [1.29, 1.82) is 0 Å². The average molecular weight is 553 g/mol. The summed E-state index contributed by atoms with van der Waals surface area (Å²) in [5.41, 5.74) is 0.878. The second-order valence-corrected chi connectivity index (χ2v) is 9.07. The SMILES string of the molecule is O=C(O[C@H]1[C@H](OC(=O)c2ccccc2)[C@@H]2O[C@@H](O[C@H]2Br)[C@@H]1OC(=O)c1ccccc1)c1ccccc1. The molecular formula is C27H21BrO8. The molecule has 0 aliphatic carbocycles. The summed E-state index contributed by atoms with van der Waals surface area (Å²) in [5.74, 6) is -1.99. The molecule has 6 atom stereocenters. The third-order valence-electron chi connectivity index (χ3n) is 5.81. The highest BCUT2D eigenvalue weighted by Gasteiger charge is 2.59. The van der Waals surface area contributed by atoms with Crippen LogP contribution < -0.4 is 0 Å². The number of esters is 3. The minimum atomic E-state index is -1.21. The van der Waals surface area contributed by atoms with Crippen LogP contribution in [0.25, 0.3) is 0 Å². The quantitative estimate of drug-likeness (QED) is 0.255. The van der Waals surface area contributed by atoms with Gasteiger partial charge in [-0.05, 0) is 36.4 Å². The zero-order chi connectivity index (χ0) is 25.1. The number of hydrogen-bond donors (Lipinski definition) is 0. The van der Waals surface area contributed by atoms with Gasteiger partial charge >= 0.3 is 17.9 Å². The molecule has 3 aromatic carbocycles. The van der Waals surface area contributed by atoms with E-state index in [9.17, 15) is 14.4 Å². The van der Waals surface area contributed by atoms with Gasteiger partial charge in [0.15, 0.2) is 18.3 Å². The highest BCUT2D eigenvalue weighted by molar-refractivity contribution is 9.09. The molecule has 0 unspecified atom stereocenters. The molecule has 5 rings (SSSR count). The van der Waals surface area contributed by atoms with E-state index >= 15 is 0 Å². The third-order valence-corrected chi connectivity index (χ3v) is 6.55. The van der Waals surface area contributed by atoms with Crippen molar-refractivity contribution in [1.82, 2.24) is 0 Å². The van der Waals surface area contributed by atoms with E-state index in [1.807, 2.05) is 0 Å². The lowest BCUT2D eigenvalue weighted by molar-refractivity contribution is -0.228. The first-order chi connectivity index (χ1) is 17.5. The molecule has 3 aromatic rings. The van der Waals surface area contributed by atoms with Gasteiger partial charge in [0.2, 0.25) is 6.29 Å². The molecule has 2 fully saturated rings. The van der Waals surface area contributed by atoms with Crippen LogP contribution in [0.5, 0.6) is 0 Å². The lowest BCUT2D eigenvalue weighted by atomic mass is 9.99. The summed E-state index contributed by atoms with van der Waals surface area (Å²) in [6.07, 6.45) is -5.42. The summed E-state index contributed by atoms with van der Waals surface area (Å²) in [4.78, 5) is 38.9. The van der Waals surface area contributed by atoms with Crippen molar-refractivity contribution in [3.63, 3.8) is 0 Å². The number of fused-ring (bicyclic) bond motifs is 2. The fourth-order valence-corrected chi connectivity index (χ4v) is 4.69. The Kier molecular flexibility index (Phi) is 7.13. The third kappa shape index (κ3) is 5.04. The number of carbonyl (C=O) groups excluding carboxylic acids is 3. The van der Waals surface area contributed by atoms with Crippen molar-refractivity contribution in [2.24, 2.45) is 0 Å². The second kappa shape index (κ2) is 10.6. The maximum Gasteiger partial charge on any atom is 0.338 e. The highest BCUT2D eigenvalue weighted by atomic mass is 79.9. The molecule has 184 valence electrons. The van der Waals surface area contributed by atoms with E-state index in [1.165, 1.54) is 0 Å². The summed E-state index contributed by atoms with van der Waals surface area (Å²) in [5, 5.41) is -0.700. The van der Waals surface area contributed by atoms with Crippen LogP contribution in [-0.2, 0) is 23.7 Å². The Morgan fingerprint density at radius 1 is 0.556 bits per heavy atom. The summed E-state index contributed by atoms with van der Waals surface area (Å²) in [7, 11) is 0. The molecule has 0 radical (unpaired) electrons. The Morgan fingerprint density at radius 3 is 1.39 bits per heavy atom. The van der Waals surface area contributed by atoms with Crippen LogP contribution in [0.4, 0.5) is 0 Å². The first-order valence-electron chi connectivity index (χ1n) is 11.2. The molecule has 2 aliphatic heterocycles. The van der Waals surface area contributed by atoms with Crippen molar-refractivity contribution in [3.8, 4) is 0 Å². The Morgan fingerprint density at radius 2 is 0.944 bits per heavy atom. The maximum atomic E-state index is 13.0. The Balaban J connectivity index is 1.47. The Bertz CT molecular complexity index is 1220. The summed E-state index contributed by atoms with van der Waals surface area (Å²) in [6.45, 7) is 0.